The Bertz CT molecular complexity index is 651. The summed E-state index contributed by atoms with van der Waals surface area (Å²) in [6.45, 7) is 4.33. The molecule has 0 spiro atoms. The fourth-order valence-corrected chi connectivity index (χ4v) is 3.03. The number of hydrogen-bond donors (Lipinski definition) is 2. The number of hydrogen-bond acceptors (Lipinski definition) is 5. The van der Waals surface area contributed by atoms with Crippen molar-refractivity contribution >= 4 is 23.5 Å². The van der Waals surface area contributed by atoms with Crippen LogP contribution in [-0.4, -0.2) is 48.4 Å². The maximum absolute atomic E-state index is 12.2. The molecule has 3 rings (SSSR count). The van der Waals surface area contributed by atoms with E-state index >= 15 is 0 Å². The quantitative estimate of drug-likeness (QED) is 0.852. The van der Waals surface area contributed by atoms with E-state index in [0.717, 1.165) is 31.7 Å². The molecule has 0 aliphatic carbocycles. The predicted octanol–water partition coefficient (Wildman–Crippen LogP) is 1.75. The Balaban J connectivity index is 1.54. The first-order valence-corrected chi connectivity index (χ1v) is 8.82. The maximum atomic E-state index is 12.2. The molecule has 7 heteroatoms. The number of ether oxygens (including phenoxy) is 1. The number of piperidine rings is 1. The van der Waals surface area contributed by atoms with Gasteiger partial charge in [-0.3, -0.25) is 14.9 Å². The number of nitrogens with one attached hydrogen (secondary N) is 2. The monoisotopic (exact) mass is 344 g/mol. The first kappa shape index (κ1) is 17.3. The van der Waals surface area contributed by atoms with Gasteiger partial charge >= 0.3 is 0 Å². The molecule has 0 saturated carbocycles. The van der Waals surface area contributed by atoms with Crippen molar-refractivity contribution in [2.45, 2.75) is 38.6 Å². The first-order valence-electron chi connectivity index (χ1n) is 8.82. The van der Waals surface area contributed by atoms with Crippen molar-refractivity contribution < 1.29 is 14.3 Å². The minimum absolute atomic E-state index is 0.0381. The predicted molar refractivity (Wildman–Crippen MR) is 95.6 cm³/mol. The van der Waals surface area contributed by atoms with Gasteiger partial charge in [-0.1, -0.05) is 0 Å². The number of rotatable bonds is 5. The van der Waals surface area contributed by atoms with E-state index in [1.165, 1.54) is 6.42 Å². The molecule has 2 aliphatic rings. The number of likely N-dealkylation sites (tertiary alicyclic amines) is 1. The van der Waals surface area contributed by atoms with Crippen molar-refractivity contribution in [1.29, 1.82) is 0 Å². The van der Waals surface area contributed by atoms with E-state index in [9.17, 15) is 9.59 Å². The fraction of sp³-hybridized carbons (Fsp3) is 0.500. The largest absolute Gasteiger partial charge is 0.494 e. The first-order chi connectivity index (χ1) is 12.2. The Morgan fingerprint density at radius 3 is 2.68 bits per heavy atom. The summed E-state index contributed by atoms with van der Waals surface area (Å²) in [5, 5.41) is 5.60. The highest BCUT2D eigenvalue weighted by molar-refractivity contribution is 6.07. The third-order valence-corrected chi connectivity index (χ3v) is 4.30. The van der Waals surface area contributed by atoms with Crippen LogP contribution in [0.4, 0.5) is 5.69 Å². The van der Waals surface area contributed by atoms with E-state index in [1.54, 1.807) is 24.3 Å². The SMILES string of the molecule is CCOc1ccc(NC(=O)CC2N=C(N3CCCCC3)NC2=O)cc1. The van der Waals surface area contributed by atoms with Crippen LogP contribution < -0.4 is 15.4 Å². The van der Waals surface area contributed by atoms with Crippen LogP contribution in [0, 0.1) is 0 Å². The van der Waals surface area contributed by atoms with Crippen molar-refractivity contribution in [3.8, 4) is 5.75 Å². The zero-order chi connectivity index (χ0) is 17.6. The fourth-order valence-electron chi connectivity index (χ4n) is 3.03. The molecule has 1 aromatic carbocycles. The highest BCUT2D eigenvalue weighted by atomic mass is 16.5. The Hall–Kier alpha value is -2.57. The van der Waals surface area contributed by atoms with Gasteiger partial charge in [0.05, 0.1) is 13.0 Å². The lowest BCUT2D eigenvalue weighted by Gasteiger charge is -2.27. The highest BCUT2D eigenvalue weighted by Crippen LogP contribution is 2.17. The van der Waals surface area contributed by atoms with Gasteiger partial charge in [-0.2, -0.15) is 0 Å². The molecule has 0 aromatic heterocycles. The Morgan fingerprint density at radius 1 is 1.28 bits per heavy atom. The van der Waals surface area contributed by atoms with Crippen molar-refractivity contribution in [2.75, 3.05) is 25.0 Å². The van der Waals surface area contributed by atoms with E-state index in [0.29, 0.717) is 18.3 Å². The molecule has 134 valence electrons. The summed E-state index contributed by atoms with van der Waals surface area (Å²) in [7, 11) is 0. The van der Waals surface area contributed by atoms with Gasteiger partial charge in [0.2, 0.25) is 11.9 Å². The lowest BCUT2D eigenvalue weighted by Crippen LogP contribution is -2.43. The third-order valence-electron chi connectivity index (χ3n) is 4.30. The molecule has 25 heavy (non-hydrogen) atoms. The van der Waals surface area contributed by atoms with E-state index in [4.69, 9.17) is 4.74 Å². The number of benzene rings is 1. The zero-order valence-electron chi connectivity index (χ0n) is 14.5. The second-order valence-electron chi connectivity index (χ2n) is 6.22. The molecule has 7 nitrogen and oxygen atoms in total. The zero-order valence-corrected chi connectivity index (χ0v) is 14.5. The number of carbonyl (C=O) groups excluding carboxylic acids is 2. The van der Waals surface area contributed by atoms with Crippen molar-refractivity contribution in [1.82, 2.24) is 10.2 Å². The van der Waals surface area contributed by atoms with Gasteiger partial charge in [-0.05, 0) is 50.5 Å². The van der Waals surface area contributed by atoms with Gasteiger partial charge in [-0.25, -0.2) is 4.99 Å². The minimum atomic E-state index is -0.653. The molecule has 1 atom stereocenters. The van der Waals surface area contributed by atoms with Crippen LogP contribution in [-0.2, 0) is 9.59 Å². The topological polar surface area (TPSA) is 83.0 Å². The molecular formula is C18H24N4O3. The van der Waals surface area contributed by atoms with Gasteiger partial charge in [0.15, 0.2) is 0 Å². The summed E-state index contributed by atoms with van der Waals surface area (Å²) >= 11 is 0. The Kier molecular flexibility index (Phi) is 5.53. The van der Waals surface area contributed by atoms with E-state index in [-0.39, 0.29) is 18.2 Å². The van der Waals surface area contributed by atoms with Crippen molar-refractivity contribution in [3.63, 3.8) is 0 Å². The molecular weight excluding hydrogens is 320 g/mol. The number of carbonyl (C=O) groups is 2. The second-order valence-corrected chi connectivity index (χ2v) is 6.22. The van der Waals surface area contributed by atoms with Crippen LogP contribution in [0.25, 0.3) is 0 Å². The lowest BCUT2D eigenvalue weighted by atomic mass is 10.1. The van der Waals surface area contributed by atoms with Crippen LogP contribution in [0.5, 0.6) is 5.75 Å². The highest BCUT2D eigenvalue weighted by Gasteiger charge is 2.31. The average molecular weight is 344 g/mol. The third kappa shape index (κ3) is 4.49. The Morgan fingerprint density at radius 2 is 2.00 bits per heavy atom. The molecule has 2 amide bonds. The maximum Gasteiger partial charge on any atom is 0.252 e. The number of anilines is 1. The van der Waals surface area contributed by atoms with Gasteiger partial charge < -0.3 is 15.0 Å². The molecule has 2 heterocycles. The van der Waals surface area contributed by atoms with Gasteiger partial charge in [0.1, 0.15) is 11.8 Å². The van der Waals surface area contributed by atoms with Crippen molar-refractivity contribution in [2.24, 2.45) is 4.99 Å². The standard InChI is InChI=1S/C18H24N4O3/c1-2-25-14-8-6-13(7-9-14)19-16(23)12-15-17(24)21-18(20-15)22-10-4-3-5-11-22/h6-9,15H,2-5,10-12H2,1H3,(H,19,23)(H,20,21,24). The van der Waals surface area contributed by atoms with Gasteiger partial charge in [0.25, 0.3) is 5.91 Å². The normalized spacial score (nSPS) is 20.0. The molecule has 1 saturated heterocycles. The van der Waals surface area contributed by atoms with Crippen molar-refractivity contribution in [3.05, 3.63) is 24.3 Å². The molecule has 1 unspecified atom stereocenters. The van der Waals surface area contributed by atoms with Crippen LogP contribution in [0.2, 0.25) is 0 Å². The molecule has 2 N–H and O–H groups in total. The molecule has 2 aliphatic heterocycles. The van der Waals surface area contributed by atoms with Crippen LogP contribution in [0.15, 0.2) is 29.3 Å². The average Bonchev–Trinajstić information content (AvgIpc) is 2.98. The number of guanidine groups is 1. The van der Waals surface area contributed by atoms with Crippen LogP contribution in [0.3, 0.4) is 0 Å². The Labute approximate surface area is 147 Å². The van der Waals surface area contributed by atoms with Crippen LogP contribution in [0.1, 0.15) is 32.6 Å². The van der Waals surface area contributed by atoms with E-state index in [2.05, 4.69) is 20.5 Å². The van der Waals surface area contributed by atoms with E-state index in [1.807, 2.05) is 6.92 Å². The number of amides is 2. The summed E-state index contributed by atoms with van der Waals surface area (Å²) in [6.07, 6.45) is 3.47. The second kappa shape index (κ2) is 8.00. The number of nitrogens with zero attached hydrogens (tertiary/aromatic N) is 2. The number of aliphatic imine (C=N–C) groups is 1. The minimum Gasteiger partial charge on any atom is -0.494 e. The van der Waals surface area contributed by atoms with Gasteiger partial charge in [0, 0.05) is 18.8 Å². The summed E-state index contributed by atoms with van der Waals surface area (Å²) in [5.74, 6) is 0.936. The molecule has 0 bridgehead atoms. The van der Waals surface area contributed by atoms with Crippen LogP contribution >= 0.6 is 0 Å². The molecule has 1 aromatic rings. The van der Waals surface area contributed by atoms with Gasteiger partial charge in [-0.15, -0.1) is 0 Å². The summed E-state index contributed by atoms with van der Waals surface area (Å²) in [6, 6.07) is 6.50. The molecule has 1 fully saturated rings. The lowest BCUT2D eigenvalue weighted by molar-refractivity contribution is -0.123. The summed E-state index contributed by atoms with van der Waals surface area (Å²) < 4.78 is 5.37. The molecule has 0 radical (unpaired) electrons. The summed E-state index contributed by atoms with van der Waals surface area (Å²) in [5.41, 5.74) is 0.673. The van der Waals surface area contributed by atoms with E-state index < -0.39 is 6.04 Å². The summed E-state index contributed by atoms with van der Waals surface area (Å²) in [4.78, 5) is 30.8. The smallest absolute Gasteiger partial charge is 0.252 e.